The summed E-state index contributed by atoms with van der Waals surface area (Å²) in [6, 6.07) is 11.5. The molecule has 30 heavy (non-hydrogen) atoms. The van der Waals surface area contributed by atoms with Gasteiger partial charge in [0.15, 0.2) is 0 Å². The summed E-state index contributed by atoms with van der Waals surface area (Å²) in [7, 11) is 1.58. The molecule has 1 unspecified atom stereocenters. The fourth-order valence-corrected chi connectivity index (χ4v) is 4.03. The predicted molar refractivity (Wildman–Crippen MR) is 115 cm³/mol. The quantitative estimate of drug-likeness (QED) is 0.682. The summed E-state index contributed by atoms with van der Waals surface area (Å²) >= 11 is 0. The lowest BCUT2D eigenvalue weighted by atomic mass is 9.88. The lowest BCUT2D eigenvalue weighted by Crippen LogP contribution is -2.25. The molecule has 3 aromatic rings. The van der Waals surface area contributed by atoms with E-state index in [9.17, 15) is 9.59 Å². The fourth-order valence-electron chi connectivity index (χ4n) is 4.03. The van der Waals surface area contributed by atoms with Crippen LogP contribution in [0.4, 0.5) is 5.82 Å². The van der Waals surface area contributed by atoms with Gasteiger partial charge in [-0.3, -0.25) is 9.59 Å². The first kappa shape index (κ1) is 20.1. The van der Waals surface area contributed by atoms with Crippen molar-refractivity contribution >= 4 is 11.7 Å². The van der Waals surface area contributed by atoms with Gasteiger partial charge in [0.1, 0.15) is 5.82 Å². The van der Waals surface area contributed by atoms with Crippen LogP contribution < -0.4 is 10.9 Å². The molecule has 156 valence electrons. The van der Waals surface area contributed by atoms with Crippen molar-refractivity contribution in [3.8, 4) is 0 Å². The van der Waals surface area contributed by atoms with Crippen LogP contribution in [0, 0.1) is 6.92 Å². The van der Waals surface area contributed by atoms with Crippen LogP contribution in [-0.4, -0.2) is 34.0 Å². The van der Waals surface area contributed by atoms with Crippen molar-refractivity contribution in [1.82, 2.24) is 14.3 Å². The predicted octanol–water partition coefficient (Wildman–Crippen LogP) is 3.18. The maximum absolute atomic E-state index is 13.0. The van der Waals surface area contributed by atoms with E-state index in [1.165, 1.54) is 21.8 Å². The molecule has 2 heterocycles. The average Bonchev–Trinajstić information content (AvgIpc) is 3.12. The number of nitrogens with one attached hydrogen (secondary N) is 1. The number of nitrogens with zero attached hydrogens (tertiary/aromatic N) is 3. The molecule has 1 amide bonds. The Morgan fingerprint density at radius 2 is 2.10 bits per heavy atom. The number of benzene rings is 1. The molecular weight excluding hydrogens is 380 g/mol. The molecule has 7 nitrogen and oxygen atoms in total. The van der Waals surface area contributed by atoms with Crippen LogP contribution in [0.3, 0.4) is 0 Å². The van der Waals surface area contributed by atoms with E-state index in [1.54, 1.807) is 25.6 Å². The SMILES string of the molecule is COCCn1cc(C(=O)Nc2c(C)cnn2C2CCCc3ccccc32)ccc1=O. The lowest BCUT2D eigenvalue weighted by molar-refractivity contribution is 0.102. The second-order valence-corrected chi connectivity index (χ2v) is 7.62. The van der Waals surface area contributed by atoms with Gasteiger partial charge in [0, 0.05) is 31.5 Å². The average molecular weight is 406 g/mol. The molecule has 0 bridgehead atoms. The maximum Gasteiger partial charge on any atom is 0.258 e. The van der Waals surface area contributed by atoms with Gasteiger partial charge in [-0.15, -0.1) is 0 Å². The molecule has 0 saturated carbocycles. The van der Waals surface area contributed by atoms with Crippen molar-refractivity contribution < 1.29 is 9.53 Å². The largest absolute Gasteiger partial charge is 0.383 e. The highest BCUT2D eigenvalue weighted by atomic mass is 16.5. The molecule has 0 radical (unpaired) electrons. The van der Waals surface area contributed by atoms with E-state index in [-0.39, 0.29) is 17.5 Å². The van der Waals surface area contributed by atoms with E-state index in [1.807, 2.05) is 11.6 Å². The summed E-state index contributed by atoms with van der Waals surface area (Å²) in [6.45, 7) is 2.73. The molecule has 7 heteroatoms. The van der Waals surface area contributed by atoms with E-state index in [2.05, 4.69) is 34.7 Å². The van der Waals surface area contributed by atoms with Gasteiger partial charge < -0.3 is 14.6 Å². The Kier molecular flexibility index (Phi) is 5.81. The number of hydrogen-bond acceptors (Lipinski definition) is 4. The van der Waals surface area contributed by atoms with Crippen LogP contribution in [0.15, 0.2) is 53.6 Å². The van der Waals surface area contributed by atoms with Gasteiger partial charge in [0.05, 0.1) is 24.4 Å². The minimum absolute atomic E-state index is 0.0922. The van der Waals surface area contributed by atoms with Crippen LogP contribution in [0.5, 0.6) is 0 Å². The van der Waals surface area contributed by atoms with Crippen LogP contribution in [0.25, 0.3) is 0 Å². The second kappa shape index (κ2) is 8.67. The third-order valence-electron chi connectivity index (χ3n) is 5.63. The summed E-state index contributed by atoms with van der Waals surface area (Å²) < 4.78 is 8.45. The summed E-state index contributed by atoms with van der Waals surface area (Å²) in [5.74, 6) is 0.423. The zero-order valence-corrected chi connectivity index (χ0v) is 17.3. The van der Waals surface area contributed by atoms with E-state index < -0.39 is 0 Å². The first-order valence-corrected chi connectivity index (χ1v) is 10.2. The van der Waals surface area contributed by atoms with Gasteiger partial charge in [0.2, 0.25) is 0 Å². The van der Waals surface area contributed by atoms with Crippen molar-refractivity contribution in [3.05, 3.63) is 81.4 Å². The van der Waals surface area contributed by atoms with E-state index in [0.29, 0.717) is 24.5 Å². The molecular formula is C23H26N4O3. The van der Waals surface area contributed by atoms with Crippen LogP contribution in [-0.2, 0) is 17.7 Å². The molecule has 0 spiro atoms. The second-order valence-electron chi connectivity index (χ2n) is 7.62. The summed E-state index contributed by atoms with van der Waals surface area (Å²) in [5, 5.41) is 7.61. The van der Waals surface area contributed by atoms with Crippen LogP contribution >= 0.6 is 0 Å². The third kappa shape index (κ3) is 3.93. The topological polar surface area (TPSA) is 78.2 Å². The number of anilines is 1. The van der Waals surface area contributed by atoms with Gasteiger partial charge in [-0.05, 0) is 43.4 Å². The number of carbonyl (C=O) groups excluding carboxylic acids is 1. The fraction of sp³-hybridized carbons (Fsp3) is 0.348. The zero-order valence-electron chi connectivity index (χ0n) is 17.3. The molecule has 1 aliphatic carbocycles. The Balaban J connectivity index is 1.62. The number of ether oxygens (including phenoxy) is 1. The number of amides is 1. The van der Waals surface area contributed by atoms with Gasteiger partial charge in [-0.1, -0.05) is 24.3 Å². The Morgan fingerprint density at radius 3 is 2.93 bits per heavy atom. The third-order valence-corrected chi connectivity index (χ3v) is 5.63. The maximum atomic E-state index is 13.0. The molecule has 2 aromatic heterocycles. The first-order valence-electron chi connectivity index (χ1n) is 10.2. The Labute approximate surface area is 175 Å². The molecule has 1 N–H and O–H groups in total. The van der Waals surface area contributed by atoms with Crippen molar-refractivity contribution in [2.24, 2.45) is 0 Å². The molecule has 0 fully saturated rings. The Morgan fingerprint density at radius 1 is 1.27 bits per heavy atom. The molecule has 4 rings (SSSR count). The number of aromatic nitrogens is 3. The highest BCUT2D eigenvalue weighted by Crippen LogP contribution is 2.35. The number of carbonyl (C=O) groups is 1. The van der Waals surface area contributed by atoms with Gasteiger partial charge in [-0.25, -0.2) is 4.68 Å². The van der Waals surface area contributed by atoms with Crippen molar-refractivity contribution in [3.63, 3.8) is 0 Å². The number of pyridine rings is 1. The number of aryl methyl sites for hydroxylation is 2. The highest BCUT2D eigenvalue weighted by Gasteiger charge is 2.25. The normalized spacial score (nSPS) is 15.6. The summed E-state index contributed by atoms with van der Waals surface area (Å²) in [4.78, 5) is 25.0. The highest BCUT2D eigenvalue weighted by molar-refractivity contribution is 6.03. The van der Waals surface area contributed by atoms with E-state index >= 15 is 0 Å². The zero-order chi connectivity index (χ0) is 21.1. The monoisotopic (exact) mass is 406 g/mol. The molecule has 0 aliphatic heterocycles. The molecule has 1 aromatic carbocycles. The Bertz CT molecular complexity index is 1120. The minimum Gasteiger partial charge on any atom is -0.383 e. The Hall–Kier alpha value is -3.19. The van der Waals surface area contributed by atoms with E-state index in [4.69, 9.17) is 4.74 Å². The van der Waals surface area contributed by atoms with Crippen LogP contribution in [0.2, 0.25) is 0 Å². The van der Waals surface area contributed by atoms with E-state index in [0.717, 1.165) is 24.8 Å². The number of hydrogen-bond donors (Lipinski definition) is 1. The first-order chi connectivity index (χ1) is 14.6. The summed E-state index contributed by atoms with van der Waals surface area (Å²) in [5.41, 5.74) is 3.75. The van der Waals surface area contributed by atoms with Crippen molar-refractivity contribution in [2.75, 3.05) is 19.0 Å². The molecule has 0 saturated heterocycles. The lowest BCUT2D eigenvalue weighted by Gasteiger charge is -2.27. The van der Waals surface area contributed by atoms with Crippen molar-refractivity contribution in [2.45, 2.75) is 38.8 Å². The van der Waals surface area contributed by atoms with Crippen molar-refractivity contribution in [1.29, 1.82) is 0 Å². The molecule has 1 atom stereocenters. The van der Waals surface area contributed by atoms with Gasteiger partial charge >= 0.3 is 0 Å². The smallest absolute Gasteiger partial charge is 0.258 e. The standard InChI is InChI=1S/C23H26N4O3/c1-16-14-24-27(20-9-5-7-17-6-3-4-8-19(17)20)22(16)25-23(29)18-10-11-21(28)26(15-18)12-13-30-2/h3-4,6,8,10-11,14-15,20H,5,7,9,12-13H2,1-2H3,(H,25,29). The summed E-state index contributed by atoms with van der Waals surface area (Å²) in [6.07, 6.45) is 6.48. The number of fused-ring (bicyclic) bond motifs is 1. The number of rotatable bonds is 6. The van der Waals surface area contributed by atoms with Gasteiger partial charge in [-0.2, -0.15) is 5.10 Å². The van der Waals surface area contributed by atoms with Crippen LogP contribution in [0.1, 0.15) is 45.9 Å². The minimum atomic E-state index is -0.268. The molecule has 1 aliphatic rings. The van der Waals surface area contributed by atoms with Gasteiger partial charge in [0.25, 0.3) is 11.5 Å². The number of methoxy groups -OCH3 is 1.